The summed E-state index contributed by atoms with van der Waals surface area (Å²) in [6.45, 7) is 3.14. The van der Waals surface area contributed by atoms with Crippen LogP contribution in [0.25, 0.3) is 0 Å². The van der Waals surface area contributed by atoms with Gasteiger partial charge in [0.15, 0.2) is 0 Å². The summed E-state index contributed by atoms with van der Waals surface area (Å²) in [5, 5.41) is 19.2. The highest BCUT2D eigenvalue weighted by Gasteiger charge is 2.33. The summed E-state index contributed by atoms with van der Waals surface area (Å²) in [6, 6.07) is 20.5. The van der Waals surface area contributed by atoms with Gasteiger partial charge in [-0.2, -0.15) is 0 Å². The summed E-state index contributed by atoms with van der Waals surface area (Å²) >= 11 is 0. The first-order valence-corrected chi connectivity index (χ1v) is 15.4. The average Bonchev–Trinajstić information content (AvgIpc) is 3.07. The van der Waals surface area contributed by atoms with E-state index in [9.17, 15) is 19.8 Å². The van der Waals surface area contributed by atoms with E-state index in [1.807, 2.05) is 48.5 Å². The van der Waals surface area contributed by atoms with Crippen LogP contribution in [0.15, 0.2) is 66.7 Å². The van der Waals surface area contributed by atoms with Crippen molar-refractivity contribution < 1.29 is 48.2 Å². The number of para-hydroxylation sites is 1. The highest BCUT2D eigenvalue weighted by molar-refractivity contribution is 5.91. The van der Waals surface area contributed by atoms with Crippen molar-refractivity contribution in [2.75, 3.05) is 53.7 Å². The topological polar surface area (TPSA) is 133 Å². The van der Waals surface area contributed by atoms with E-state index in [4.69, 9.17) is 28.4 Å². The molecule has 46 heavy (non-hydrogen) atoms. The lowest BCUT2D eigenvalue weighted by Crippen LogP contribution is -2.46. The zero-order valence-electron chi connectivity index (χ0n) is 26.4. The van der Waals surface area contributed by atoms with Gasteiger partial charge in [-0.05, 0) is 47.9 Å². The predicted octanol–water partition coefficient (Wildman–Crippen LogP) is 5.85. The Labute approximate surface area is 269 Å². The van der Waals surface area contributed by atoms with Crippen molar-refractivity contribution in [3.8, 4) is 17.2 Å². The Bertz CT molecular complexity index is 1400. The van der Waals surface area contributed by atoms with Gasteiger partial charge in [0.1, 0.15) is 22.8 Å². The third-order valence-corrected chi connectivity index (χ3v) is 7.78. The molecule has 0 aromatic heterocycles. The summed E-state index contributed by atoms with van der Waals surface area (Å²) in [5.41, 5.74) is 2.83. The lowest BCUT2D eigenvalue weighted by Gasteiger charge is -2.37. The summed E-state index contributed by atoms with van der Waals surface area (Å²) in [6.07, 6.45) is 0.566. The number of hydrogen-bond acceptors (Lipinski definition) is 8. The van der Waals surface area contributed by atoms with Crippen molar-refractivity contribution in [3.63, 3.8) is 0 Å². The maximum absolute atomic E-state index is 11.8. The number of piperidine rings is 1. The first kappa shape index (κ1) is 34.6. The molecule has 1 aliphatic rings. The molecule has 248 valence electrons. The molecule has 4 rings (SSSR count). The smallest absolute Gasteiger partial charge is 0.407 e. The van der Waals surface area contributed by atoms with Crippen LogP contribution in [0.2, 0.25) is 0 Å². The van der Waals surface area contributed by atoms with Gasteiger partial charge in [-0.15, -0.1) is 0 Å². The molecule has 11 heteroatoms. The summed E-state index contributed by atoms with van der Waals surface area (Å²) in [4.78, 5) is 24.9. The van der Waals surface area contributed by atoms with Crippen molar-refractivity contribution in [1.82, 2.24) is 4.90 Å². The van der Waals surface area contributed by atoms with Gasteiger partial charge in [0.2, 0.25) is 0 Å². The molecule has 1 amide bonds. The zero-order chi connectivity index (χ0) is 32.7. The molecule has 0 saturated carbocycles. The lowest BCUT2D eigenvalue weighted by molar-refractivity contribution is -0.0200. The molecule has 3 aromatic rings. The molecule has 0 aliphatic carbocycles. The molecule has 11 nitrogen and oxygen atoms in total. The van der Waals surface area contributed by atoms with Crippen LogP contribution in [0.5, 0.6) is 17.2 Å². The molecule has 2 unspecified atom stereocenters. The van der Waals surface area contributed by atoms with E-state index < -0.39 is 18.2 Å². The van der Waals surface area contributed by atoms with E-state index in [0.717, 1.165) is 34.6 Å². The van der Waals surface area contributed by atoms with Crippen molar-refractivity contribution in [2.24, 2.45) is 0 Å². The molecule has 0 radical (unpaired) electrons. The fraction of sp³-hybridized carbons (Fsp3) is 0.429. The second kappa shape index (κ2) is 18.0. The Hall–Kier alpha value is -4.32. The number of likely N-dealkylation sites (tertiary alicyclic amines) is 1. The third kappa shape index (κ3) is 10.1. The number of carbonyl (C=O) groups is 2. The van der Waals surface area contributed by atoms with Crippen molar-refractivity contribution in [3.05, 3.63) is 89.0 Å². The highest BCUT2D eigenvalue weighted by atomic mass is 16.5. The molecule has 0 spiro atoms. The fourth-order valence-electron chi connectivity index (χ4n) is 5.35. The molecular weight excluding hydrogens is 594 g/mol. The quantitative estimate of drug-likeness (QED) is 0.164. The number of amides is 1. The number of hydrogen-bond donors (Lipinski definition) is 2. The van der Waals surface area contributed by atoms with Crippen LogP contribution in [0.1, 0.15) is 52.2 Å². The normalized spacial score (nSPS) is 16.2. The van der Waals surface area contributed by atoms with E-state index in [0.29, 0.717) is 52.4 Å². The second-order valence-corrected chi connectivity index (χ2v) is 10.9. The molecule has 2 atom stereocenters. The largest absolute Gasteiger partial charge is 0.496 e. The minimum atomic E-state index is -1.08. The summed E-state index contributed by atoms with van der Waals surface area (Å²) in [5.74, 6) is 0.698. The Morgan fingerprint density at radius 3 is 2.35 bits per heavy atom. The fourth-order valence-corrected chi connectivity index (χ4v) is 5.35. The summed E-state index contributed by atoms with van der Waals surface area (Å²) in [7, 11) is 3.24. The number of benzene rings is 3. The Morgan fingerprint density at radius 2 is 1.61 bits per heavy atom. The number of nitrogens with zero attached hydrogens (tertiary/aromatic N) is 1. The van der Waals surface area contributed by atoms with Gasteiger partial charge in [-0.3, -0.25) is 0 Å². The summed E-state index contributed by atoms with van der Waals surface area (Å²) < 4.78 is 34.1. The number of ether oxygens (including phenoxy) is 6. The van der Waals surface area contributed by atoms with E-state index in [2.05, 4.69) is 0 Å². The van der Waals surface area contributed by atoms with Crippen molar-refractivity contribution in [2.45, 2.75) is 44.5 Å². The van der Waals surface area contributed by atoms with Gasteiger partial charge in [-0.1, -0.05) is 36.4 Å². The van der Waals surface area contributed by atoms with Crippen LogP contribution < -0.4 is 14.2 Å². The Kier molecular flexibility index (Phi) is 13.5. The number of carboxylic acids is 1. The number of carboxylic acid groups (broad SMARTS) is 2. The Morgan fingerprint density at radius 1 is 0.848 bits per heavy atom. The van der Waals surface area contributed by atoms with Crippen molar-refractivity contribution >= 4 is 12.1 Å². The molecule has 1 heterocycles. The zero-order valence-corrected chi connectivity index (χ0v) is 26.4. The van der Waals surface area contributed by atoms with Gasteiger partial charge >= 0.3 is 12.1 Å². The molecule has 1 aliphatic heterocycles. The second-order valence-electron chi connectivity index (χ2n) is 10.9. The number of rotatable bonds is 18. The number of methoxy groups -OCH3 is 2. The van der Waals surface area contributed by atoms with Gasteiger partial charge < -0.3 is 43.5 Å². The standard InChI is InChI=1S/C35H43NO10/c1-41-17-5-20-45-32-21-25(9-14-30(32)34(37)38)23-46-33-22-36(35(39)40)16-15-29(33)26-10-12-28(13-11-26)44-19-6-18-43-24-27-7-3-4-8-31(27)42-2/h3-4,7-14,21,29,33H,5-6,15-20,22-24H2,1-2H3,(H,37,38)(H,39,40). The maximum atomic E-state index is 11.8. The van der Waals surface area contributed by atoms with Gasteiger partial charge in [0.25, 0.3) is 0 Å². The first-order valence-electron chi connectivity index (χ1n) is 15.4. The van der Waals surface area contributed by atoms with Gasteiger partial charge in [0.05, 0.1) is 52.8 Å². The van der Waals surface area contributed by atoms with Gasteiger partial charge in [-0.25, -0.2) is 9.59 Å². The van der Waals surface area contributed by atoms with Gasteiger partial charge in [0, 0.05) is 44.6 Å². The minimum absolute atomic E-state index is 0.0314. The minimum Gasteiger partial charge on any atom is -0.496 e. The molecule has 3 aromatic carbocycles. The van der Waals surface area contributed by atoms with E-state index >= 15 is 0 Å². The first-order chi connectivity index (χ1) is 22.4. The predicted molar refractivity (Wildman–Crippen MR) is 170 cm³/mol. The van der Waals surface area contributed by atoms with E-state index in [1.54, 1.807) is 26.4 Å². The van der Waals surface area contributed by atoms with Crippen LogP contribution in [-0.4, -0.2) is 87.0 Å². The van der Waals surface area contributed by atoms with Crippen LogP contribution in [0.3, 0.4) is 0 Å². The molecular formula is C35H43NO10. The monoisotopic (exact) mass is 637 g/mol. The van der Waals surface area contributed by atoms with Crippen molar-refractivity contribution in [1.29, 1.82) is 0 Å². The number of aromatic carboxylic acids is 1. The average molecular weight is 638 g/mol. The molecule has 2 N–H and O–H groups in total. The van der Waals surface area contributed by atoms with E-state index in [-0.39, 0.29) is 30.4 Å². The highest BCUT2D eigenvalue weighted by Crippen LogP contribution is 2.33. The third-order valence-electron chi connectivity index (χ3n) is 7.78. The van der Waals surface area contributed by atoms with Crippen LogP contribution in [0, 0.1) is 0 Å². The SMILES string of the molecule is COCCCOc1cc(COC2CN(C(=O)O)CCC2c2ccc(OCCCOCc3ccccc3OC)cc2)ccc1C(=O)O. The van der Waals surface area contributed by atoms with Crippen LogP contribution >= 0.6 is 0 Å². The Balaban J connectivity index is 1.32. The molecule has 0 bridgehead atoms. The van der Waals surface area contributed by atoms with E-state index in [1.165, 1.54) is 11.0 Å². The lowest BCUT2D eigenvalue weighted by atomic mass is 9.87. The van der Waals surface area contributed by atoms with Crippen LogP contribution in [-0.2, 0) is 27.4 Å². The maximum Gasteiger partial charge on any atom is 0.407 e. The molecule has 1 saturated heterocycles. The molecule has 1 fully saturated rings. The van der Waals surface area contributed by atoms with Crippen LogP contribution in [0.4, 0.5) is 4.79 Å².